The van der Waals surface area contributed by atoms with E-state index in [1.54, 1.807) is 6.92 Å². The number of carbonyl (C=O) groups is 6. The molecule has 0 unspecified atom stereocenters. The van der Waals surface area contributed by atoms with E-state index < -0.39 is 73.9 Å². The molecule has 0 spiro atoms. The van der Waals surface area contributed by atoms with Crippen molar-refractivity contribution in [2.75, 3.05) is 47.3 Å². The van der Waals surface area contributed by atoms with Gasteiger partial charge < -0.3 is 33.2 Å². The van der Waals surface area contributed by atoms with Gasteiger partial charge in [0.1, 0.15) is 50.4 Å². The number of ether oxygens (including phenoxy) is 7. The van der Waals surface area contributed by atoms with Crippen molar-refractivity contribution in [1.82, 2.24) is 0 Å². The second-order valence-electron chi connectivity index (χ2n) is 18.5. The Morgan fingerprint density at radius 1 is 0.586 bits per heavy atom. The van der Waals surface area contributed by atoms with Gasteiger partial charge in [0.25, 0.3) is 0 Å². The van der Waals surface area contributed by atoms with Gasteiger partial charge in [-0.05, 0) is 134 Å². The van der Waals surface area contributed by atoms with Crippen LogP contribution in [0.4, 0.5) is 0 Å². The molecule has 0 aromatic heterocycles. The fourth-order valence-electron chi connectivity index (χ4n) is 8.62. The Kier molecular flexibility index (Phi) is 22.9. The molecule has 0 N–H and O–H groups in total. The molecular weight excluding hydrogens is 893 g/mol. The Morgan fingerprint density at radius 3 is 1.70 bits per heavy atom. The summed E-state index contributed by atoms with van der Waals surface area (Å²) in [6.45, 7) is 15.0. The van der Waals surface area contributed by atoms with Crippen LogP contribution in [-0.2, 0) is 76.5 Å². The first kappa shape index (κ1) is 56.3. The van der Waals surface area contributed by atoms with Crippen molar-refractivity contribution >= 4 is 35.8 Å². The zero-order chi connectivity index (χ0) is 51.2. The molecule has 3 aromatic carbocycles. The number of hydrogen-bond donors (Lipinski definition) is 0. The minimum absolute atomic E-state index is 0.0795. The molecule has 13 heteroatoms. The van der Waals surface area contributed by atoms with Crippen molar-refractivity contribution in [3.8, 4) is 28.0 Å². The standard InChI is InChI=1S/C57H74O13/c1-10-13-14-16-40-18-20-43(21-19-40)44-22-24-45(25-23-44)48-27-26-46(29-41(48)11-2)49-30-47(17-15-28-66-55(62)38(4)5)50(31-42(49)12-3)67-34-57(37-70-56(63)39(6)7,35-68-53(60)32-51(58)64-8)36-69-54(61)33-52(59)65-9/h22-27,29-31,40,43H,4,6,10-21,28,32-37H2,1-3,5,7-9H3. The van der Waals surface area contributed by atoms with Crippen LogP contribution < -0.4 is 4.74 Å². The first-order valence-corrected chi connectivity index (χ1v) is 24.7. The van der Waals surface area contributed by atoms with Crippen molar-refractivity contribution < 1.29 is 61.9 Å². The number of benzene rings is 3. The third-order valence-electron chi connectivity index (χ3n) is 12.9. The summed E-state index contributed by atoms with van der Waals surface area (Å²) in [5, 5.41) is 0. The first-order valence-electron chi connectivity index (χ1n) is 24.7. The summed E-state index contributed by atoms with van der Waals surface area (Å²) in [7, 11) is 2.25. The predicted octanol–water partition coefficient (Wildman–Crippen LogP) is 10.7. The van der Waals surface area contributed by atoms with Crippen LogP contribution in [0, 0.1) is 11.3 Å². The second-order valence-corrected chi connectivity index (χ2v) is 18.5. The quantitative estimate of drug-likeness (QED) is 0.0222. The highest BCUT2D eigenvalue weighted by Gasteiger charge is 2.38. The minimum atomic E-state index is -1.57. The van der Waals surface area contributed by atoms with Gasteiger partial charge in [-0.15, -0.1) is 0 Å². The highest BCUT2D eigenvalue weighted by Crippen LogP contribution is 2.40. The Morgan fingerprint density at radius 2 is 1.14 bits per heavy atom. The monoisotopic (exact) mass is 967 g/mol. The summed E-state index contributed by atoms with van der Waals surface area (Å²) >= 11 is 0. The van der Waals surface area contributed by atoms with Crippen LogP contribution in [0.15, 0.2) is 78.9 Å². The third-order valence-corrected chi connectivity index (χ3v) is 12.9. The maximum absolute atomic E-state index is 12.8. The molecule has 1 saturated carbocycles. The van der Waals surface area contributed by atoms with Crippen molar-refractivity contribution in [3.05, 3.63) is 101 Å². The summed E-state index contributed by atoms with van der Waals surface area (Å²) in [4.78, 5) is 74.6. The molecule has 380 valence electrons. The fourth-order valence-corrected chi connectivity index (χ4v) is 8.62. The molecule has 0 heterocycles. The van der Waals surface area contributed by atoms with Crippen LogP contribution in [-0.4, -0.2) is 83.1 Å². The lowest BCUT2D eigenvalue weighted by molar-refractivity contribution is -0.165. The van der Waals surface area contributed by atoms with E-state index in [9.17, 15) is 28.8 Å². The zero-order valence-electron chi connectivity index (χ0n) is 42.5. The molecule has 0 atom stereocenters. The van der Waals surface area contributed by atoms with Gasteiger partial charge in [-0.3, -0.25) is 19.2 Å². The fraction of sp³-hybridized carbons (Fsp3) is 0.509. The van der Waals surface area contributed by atoms with E-state index in [-0.39, 0.29) is 24.4 Å². The molecule has 1 fully saturated rings. The normalized spacial score (nSPS) is 14.4. The summed E-state index contributed by atoms with van der Waals surface area (Å²) in [5.74, 6) is -2.95. The average Bonchev–Trinajstić information content (AvgIpc) is 3.36. The number of unbranched alkanes of at least 4 members (excludes halogenated alkanes) is 2. The molecule has 0 radical (unpaired) electrons. The van der Waals surface area contributed by atoms with Crippen LogP contribution in [0.2, 0.25) is 0 Å². The zero-order valence-corrected chi connectivity index (χ0v) is 42.5. The molecular formula is C57H74O13. The largest absolute Gasteiger partial charge is 0.492 e. The lowest BCUT2D eigenvalue weighted by Crippen LogP contribution is -2.44. The minimum Gasteiger partial charge on any atom is -0.492 e. The number of hydrogen-bond acceptors (Lipinski definition) is 13. The Labute approximate surface area is 414 Å². The average molecular weight is 967 g/mol. The first-order chi connectivity index (χ1) is 33.5. The lowest BCUT2D eigenvalue weighted by Gasteiger charge is -2.32. The van der Waals surface area contributed by atoms with E-state index in [1.165, 1.54) is 80.5 Å². The van der Waals surface area contributed by atoms with Gasteiger partial charge in [-0.2, -0.15) is 0 Å². The SMILES string of the molecule is C=C(C)C(=O)OCCCc1cc(-c2ccc(-c3ccc(C4CCC(CCCCC)CC4)cc3)c(CC)c2)c(CC)cc1OCC(COC(=O)CC(=O)OC)(COC(=O)CC(=O)OC)COC(=O)C(=C)C. The van der Waals surface area contributed by atoms with Crippen LogP contribution in [0.5, 0.6) is 5.75 Å². The highest BCUT2D eigenvalue weighted by atomic mass is 16.6. The Bertz CT molecular complexity index is 2250. The topological polar surface area (TPSA) is 167 Å². The van der Waals surface area contributed by atoms with Gasteiger partial charge in [0, 0.05) is 11.1 Å². The molecule has 1 aliphatic carbocycles. The molecule has 0 saturated heterocycles. The summed E-state index contributed by atoms with van der Waals surface area (Å²) < 4.78 is 37.9. The van der Waals surface area contributed by atoms with Crippen molar-refractivity contribution in [3.63, 3.8) is 0 Å². The summed E-state index contributed by atoms with van der Waals surface area (Å²) in [5.41, 5.74) is 7.48. The number of methoxy groups -OCH3 is 2. The van der Waals surface area contributed by atoms with Crippen LogP contribution in [0.1, 0.15) is 133 Å². The van der Waals surface area contributed by atoms with Crippen molar-refractivity contribution in [1.29, 1.82) is 0 Å². The predicted molar refractivity (Wildman–Crippen MR) is 268 cm³/mol. The number of esters is 6. The van der Waals surface area contributed by atoms with E-state index >= 15 is 0 Å². The highest BCUT2D eigenvalue weighted by molar-refractivity contribution is 5.92. The lowest BCUT2D eigenvalue weighted by atomic mass is 9.77. The molecule has 4 rings (SSSR count). The van der Waals surface area contributed by atoms with Crippen molar-refractivity contribution in [2.45, 2.75) is 130 Å². The molecule has 0 amide bonds. The number of rotatable bonds is 28. The molecule has 1 aliphatic rings. The van der Waals surface area contributed by atoms with Gasteiger partial charge >= 0.3 is 35.8 Å². The van der Waals surface area contributed by atoms with Gasteiger partial charge in [0.2, 0.25) is 0 Å². The van der Waals surface area contributed by atoms with E-state index in [2.05, 4.69) is 85.0 Å². The summed E-state index contributed by atoms with van der Waals surface area (Å²) in [6.07, 6.45) is 11.3. The van der Waals surface area contributed by atoms with Gasteiger partial charge in [0.15, 0.2) is 0 Å². The van der Waals surface area contributed by atoms with Gasteiger partial charge in [-0.1, -0.05) is 102 Å². The van der Waals surface area contributed by atoms with E-state index in [1.807, 2.05) is 13.0 Å². The van der Waals surface area contributed by atoms with Gasteiger partial charge in [-0.25, -0.2) is 9.59 Å². The van der Waals surface area contributed by atoms with Crippen molar-refractivity contribution in [2.24, 2.45) is 11.3 Å². The number of carbonyl (C=O) groups excluding carboxylic acids is 6. The third kappa shape index (κ3) is 17.3. The van der Waals surface area contributed by atoms with Gasteiger partial charge in [0.05, 0.1) is 20.8 Å². The molecule has 3 aromatic rings. The van der Waals surface area contributed by atoms with Crippen LogP contribution in [0.25, 0.3) is 22.3 Å². The Hall–Kier alpha value is -6.24. The molecule has 70 heavy (non-hydrogen) atoms. The van der Waals surface area contributed by atoms with E-state index in [4.69, 9.17) is 23.7 Å². The van der Waals surface area contributed by atoms with Crippen LogP contribution in [0.3, 0.4) is 0 Å². The molecule has 0 bridgehead atoms. The van der Waals surface area contributed by atoms with Crippen LogP contribution >= 0.6 is 0 Å². The maximum atomic E-state index is 12.8. The van der Waals surface area contributed by atoms with E-state index in [0.717, 1.165) is 48.8 Å². The Balaban J connectivity index is 1.71. The maximum Gasteiger partial charge on any atom is 0.333 e. The smallest absolute Gasteiger partial charge is 0.333 e. The molecule has 13 nitrogen and oxygen atoms in total. The number of aryl methyl sites for hydroxylation is 3. The second kappa shape index (κ2) is 28.4. The molecule has 0 aliphatic heterocycles. The van der Waals surface area contributed by atoms with E-state index in [0.29, 0.717) is 30.9 Å². The summed E-state index contributed by atoms with van der Waals surface area (Å²) in [6, 6.07) is 19.7.